The van der Waals surface area contributed by atoms with Crippen molar-refractivity contribution in [3.8, 4) is 5.75 Å². The van der Waals surface area contributed by atoms with E-state index in [-0.39, 0.29) is 5.91 Å². The molecule has 1 N–H and O–H groups in total. The minimum Gasteiger partial charge on any atom is -0.481 e. The second-order valence-corrected chi connectivity index (χ2v) is 5.10. The fourth-order valence-corrected chi connectivity index (χ4v) is 1.59. The lowest BCUT2D eigenvalue weighted by Gasteiger charge is -2.16. The highest BCUT2D eigenvalue weighted by atomic mass is 16.5. The topological polar surface area (TPSA) is 41.6 Å². The third kappa shape index (κ3) is 5.30. The molecule has 1 amide bonds. The molecule has 106 valence electrons. The molecule has 1 rings (SSSR count). The van der Waals surface area contributed by atoms with E-state index in [1.165, 1.54) is 5.56 Å². The first kappa shape index (κ1) is 15.5. The molecule has 0 fully saturated rings. The third-order valence-electron chi connectivity index (χ3n) is 3.02. The number of nitrogens with zero attached hydrogens (tertiary/aromatic N) is 1. The lowest BCUT2D eigenvalue weighted by molar-refractivity contribution is -0.127. The Balaban J connectivity index is 2.47. The van der Waals surface area contributed by atoms with Crippen molar-refractivity contribution in [2.75, 3.05) is 27.2 Å². The van der Waals surface area contributed by atoms with Gasteiger partial charge in [0.15, 0.2) is 6.10 Å². The summed E-state index contributed by atoms with van der Waals surface area (Å²) in [5, 5.41) is 2.85. The summed E-state index contributed by atoms with van der Waals surface area (Å²) < 4.78 is 5.64. The van der Waals surface area contributed by atoms with Crippen molar-refractivity contribution in [3.63, 3.8) is 0 Å². The number of carbonyl (C=O) groups is 1. The van der Waals surface area contributed by atoms with E-state index < -0.39 is 6.10 Å². The molecule has 4 nitrogen and oxygen atoms in total. The largest absolute Gasteiger partial charge is 0.481 e. The van der Waals surface area contributed by atoms with Crippen LogP contribution in [-0.2, 0) is 4.79 Å². The van der Waals surface area contributed by atoms with Crippen molar-refractivity contribution >= 4 is 5.91 Å². The molecule has 0 aliphatic rings. The van der Waals surface area contributed by atoms with Gasteiger partial charge < -0.3 is 15.0 Å². The number of benzene rings is 1. The molecule has 0 spiro atoms. The van der Waals surface area contributed by atoms with E-state index in [4.69, 9.17) is 4.74 Å². The number of ether oxygens (including phenoxy) is 1. The number of amides is 1. The number of likely N-dealkylation sites (N-methyl/N-ethyl adjacent to an activating group) is 1. The Morgan fingerprint density at radius 2 is 2.00 bits per heavy atom. The van der Waals surface area contributed by atoms with Gasteiger partial charge in [0.05, 0.1) is 0 Å². The standard InChI is InChI=1S/C15H24N2O2/c1-11-6-7-14(10-12(11)2)19-13(3)15(18)16-8-9-17(4)5/h6-7,10,13H,8-9H2,1-5H3,(H,16,18)/t13-/m0/s1. The first-order valence-electron chi connectivity index (χ1n) is 6.56. The number of hydrogen-bond donors (Lipinski definition) is 1. The summed E-state index contributed by atoms with van der Waals surface area (Å²) in [6.07, 6.45) is -0.482. The molecular weight excluding hydrogens is 240 g/mol. The molecule has 0 saturated carbocycles. The molecule has 1 aromatic carbocycles. The van der Waals surface area contributed by atoms with Crippen LogP contribution in [0.3, 0.4) is 0 Å². The summed E-state index contributed by atoms with van der Waals surface area (Å²) in [5.41, 5.74) is 2.38. The van der Waals surface area contributed by atoms with Crippen molar-refractivity contribution in [2.45, 2.75) is 26.9 Å². The Labute approximate surface area is 115 Å². The second-order valence-electron chi connectivity index (χ2n) is 5.10. The molecule has 1 aromatic rings. The van der Waals surface area contributed by atoms with Gasteiger partial charge in [0, 0.05) is 13.1 Å². The smallest absolute Gasteiger partial charge is 0.260 e. The molecule has 0 aromatic heterocycles. The number of rotatable bonds is 6. The van der Waals surface area contributed by atoms with Crippen molar-refractivity contribution in [1.29, 1.82) is 0 Å². The quantitative estimate of drug-likeness (QED) is 0.851. The van der Waals surface area contributed by atoms with Crippen LogP contribution in [0.1, 0.15) is 18.1 Å². The van der Waals surface area contributed by atoms with Crippen LogP contribution >= 0.6 is 0 Å². The number of hydrogen-bond acceptors (Lipinski definition) is 3. The first-order chi connectivity index (χ1) is 8.90. The average molecular weight is 264 g/mol. The Morgan fingerprint density at radius 3 is 2.58 bits per heavy atom. The van der Waals surface area contributed by atoms with E-state index in [9.17, 15) is 4.79 Å². The molecular formula is C15H24N2O2. The van der Waals surface area contributed by atoms with Crippen LogP contribution < -0.4 is 10.1 Å². The average Bonchev–Trinajstić information content (AvgIpc) is 2.33. The van der Waals surface area contributed by atoms with Crippen molar-refractivity contribution < 1.29 is 9.53 Å². The van der Waals surface area contributed by atoms with Crippen LogP contribution in [0, 0.1) is 13.8 Å². The van der Waals surface area contributed by atoms with E-state index in [0.717, 1.165) is 17.9 Å². The summed E-state index contributed by atoms with van der Waals surface area (Å²) in [6.45, 7) is 7.30. The zero-order chi connectivity index (χ0) is 14.4. The fourth-order valence-electron chi connectivity index (χ4n) is 1.59. The molecule has 0 unspecified atom stereocenters. The van der Waals surface area contributed by atoms with Gasteiger partial charge in [-0.25, -0.2) is 0 Å². The highest BCUT2D eigenvalue weighted by Gasteiger charge is 2.14. The summed E-state index contributed by atoms with van der Waals surface area (Å²) in [7, 11) is 3.95. The zero-order valence-corrected chi connectivity index (χ0v) is 12.5. The summed E-state index contributed by atoms with van der Waals surface area (Å²) in [4.78, 5) is 13.8. The molecule has 1 atom stereocenters. The van der Waals surface area contributed by atoms with E-state index in [0.29, 0.717) is 6.54 Å². The first-order valence-corrected chi connectivity index (χ1v) is 6.56. The highest BCUT2D eigenvalue weighted by molar-refractivity contribution is 5.80. The predicted octanol–water partition coefficient (Wildman–Crippen LogP) is 1.75. The van der Waals surface area contributed by atoms with Gasteiger partial charge in [-0.2, -0.15) is 0 Å². The van der Waals surface area contributed by atoms with E-state index in [2.05, 4.69) is 12.2 Å². The van der Waals surface area contributed by atoms with Gasteiger partial charge in [0.2, 0.25) is 0 Å². The number of aryl methyl sites for hydroxylation is 2. The van der Waals surface area contributed by atoms with Gasteiger partial charge in [0.1, 0.15) is 5.75 Å². The van der Waals surface area contributed by atoms with Crippen LogP contribution in [0.2, 0.25) is 0 Å². The summed E-state index contributed by atoms with van der Waals surface area (Å²) in [5.74, 6) is 0.651. The van der Waals surface area contributed by atoms with E-state index >= 15 is 0 Å². The van der Waals surface area contributed by atoms with Crippen molar-refractivity contribution in [2.24, 2.45) is 0 Å². The molecule has 4 heteroatoms. The summed E-state index contributed by atoms with van der Waals surface area (Å²) in [6, 6.07) is 5.85. The lowest BCUT2D eigenvalue weighted by atomic mass is 10.1. The van der Waals surface area contributed by atoms with Gasteiger partial charge in [-0.3, -0.25) is 4.79 Å². The SMILES string of the molecule is Cc1ccc(O[C@@H](C)C(=O)NCCN(C)C)cc1C. The third-order valence-corrected chi connectivity index (χ3v) is 3.02. The normalized spacial score (nSPS) is 12.3. The maximum absolute atomic E-state index is 11.8. The maximum atomic E-state index is 11.8. The minimum atomic E-state index is -0.482. The Kier molecular flexibility index (Phi) is 5.83. The van der Waals surface area contributed by atoms with E-state index in [1.807, 2.05) is 44.1 Å². The van der Waals surface area contributed by atoms with Crippen LogP contribution in [0.15, 0.2) is 18.2 Å². The minimum absolute atomic E-state index is 0.0833. The predicted molar refractivity (Wildman–Crippen MR) is 77.6 cm³/mol. The number of carbonyl (C=O) groups excluding carboxylic acids is 1. The molecule has 0 aliphatic heterocycles. The Morgan fingerprint density at radius 1 is 1.32 bits per heavy atom. The fraction of sp³-hybridized carbons (Fsp3) is 0.533. The number of nitrogens with one attached hydrogen (secondary N) is 1. The Bertz CT molecular complexity index is 430. The van der Waals surface area contributed by atoms with Crippen LogP contribution in [0.4, 0.5) is 0 Å². The molecule has 0 saturated heterocycles. The van der Waals surface area contributed by atoms with Gasteiger partial charge in [0.25, 0.3) is 5.91 Å². The molecule has 19 heavy (non-hydrogen) atoms. The maximum Gasteiger partial charge on any atom is 0.260 e. The van der Waals surface area contributed by atoms with Crippen molar-refractivity contribution in [1.82, 2.24) is 10.2 Å². The monoisotopic (exact) mass is 264 g/mol. The zero-order valence-electron chi connectivity index (χ0n) is 12.5. The van der Waals surface area contributed by atoms with Crippen LogP contribution in [0.25, 0.3) is 0 Å². The van der Waals surface area contributed by atoms with Gasteiger partial charge >= 0.3 is 0 Å². The highest BCUT2D eigenvalue weighted by Crippen LogP contribution is 2.17. The molecule has 0 aliphatic carbocycles. The lowest BCUT2D eigenvalue weighted by Crippen LogP contribution is -2.39. The molecule has 0 radical (unpaired) electrons. The van der Waals surface area contributed by atoms with Crippen LogP contribution in [-0.4, -0.2) is 44.1 Å². The van der Waals surface area contributed by atoms with Crippen LogP contribution in [0.5, 0.6) is 5.75 Å². The van der Waals surface area contributed by atoms with E-state index in [1.54, 1.807) is 6.92 Å². The second kappa shape index (κ2) is 7.14. The molecule has 0 heterocycles. The Hall–Kier alpha value is -1.55. The summed E-state index contributed by atoms with van der Waals surface area (Å²) >= 11 is 0. The van der Waals surface area contributed by atoms with Gasteiger partial charge in [-0.05, 0) is 58.1 Å². The molecule has 0 bridgehead atoms. The van der Waals surface area contributed by atoms with Gasteiger partial charge in [-0.1, -0.05) is 6.07 Å². The van der Waals surface area contributed by atoms with Crippen molar-refractivity contribution in [3.05, 3.63) is 29.3 Å². The van der Waals surface area contributed by atoms with Gasteiger partial charge in [-0.15, -0.1) is 0 Å².